The molecule has 4 rings (SSSR count). The predicted octanol–water partition coefficient (Wildman–Crippen LogP) is 4.20. The van der Waals surface area contributed by atoms with Crippen LogP contribution in [0.3, 0.4) is 0 Å². The molecule has 1 aliphatic rings. The number of allylic oxidation sites excluding steroid dienone is 1. The van der Waals surface area contributed by atoms with Gasteiger partial charge in [0.1, 0.15) is 6.61 Å². The van der Waals surface area contributed by atoms with Gasteiger partial charge in [0.15, 0.2) is 0 Å². The topological polar surface area (TPSA) is 85.2 Å². The molecule has 0 radical (unpaired) electrons. The number of carbonyl (C=O) groups excluding carboxylic acids is 2. The molecule has 0 saturated heterocycles. The highest BCUT2D eigenvalue weighted by Gasteiger charge is 2.35. The summed E-state index contributed by atoms with van der Waals surface area (Å²) < 4.78 is 7.06. The molecule has 7 nitrogen and oxygen atoms in total. The van der Waals surface area contributed by atoms with Crippen LogP contribution < -0.4 is 10.6 Å². The molecule has 2 aromatic carbocycles. The molecule has 0 bridgehead atoms. The van der Waals surface area contributed by atoms with Gasteiger partial charge in [-0.1, -0.05) is 60.7 Å². The number of carbonyl (C=O) groups is 2. The second-order valence-electron chi connectivity index (χ2n) is 7.54. The fourth-order valence-electron chi connectivity index (χ4n) is 3.66. The molecule has 162 valence electrons. The molecule has 2 amide bonds. The number of aryl methyl sites for hydroxylation is 1. The monoisotopic (exact) mass is 428 g/mol. The Balaban J connectivity index is 1.88. The lowest BCUT2D eigenvalue weighted by molar-refractivity contribution is -0.138. The number of benzene rings is 2. The molecule has 2 heterocycles. The molecule has 0 aliphatic carbocycles. The quantitative estimate of drug-likeness (QED) is 0.455. The maximum atomic E-state index is 12.9. The summed E-state index contributed by atoms with van der Waals surface area (Å²) in [4.78, 5) is 25.2. The maximum absolute atomic E-state index is 12.9. The van der Waals surface area contributed by atoms with E-state index in [9.17, 15) is 9.59 Å². The molecule has 0 saturated carbocycles. The lowest BCUT2D eigenvalue weighted by Gasteiger charge is -2.27. The first-order valence-electron chi connectivity index (χ1n) is 10.3. The average molecular weight is 428 g/mol. The largest absolute Gasteiger partial charge is 0.458 e. The molecule has 1 aliphatic heterocycles. The number of ether oxygens (including phenoxy) is 1. The van der Waals surface area contributed by atoms with Crippen LogP contribution in [0.15, 0.2) is 84.7 Å². The minimum absolute atomic E-state index is 0.0738. The van der Waals surface area contributed by atoms with Gasteiger partial charge in [-0.15, -0.1) is 0 Å². The fraction of sp³-hybridized carbons (Fsp3) is 0.160. The maximum Gasteiger partial charge on any atom is 0.338 e. The summed E-state index contributed by atoms with van der Waals surface area (Å²) in [7, 11) is 0. The standard InChI is InChI=1S/C25H24N4O3/c1-4-14-32-24(30)21-17(3)26-25(31)27-23(21)20-15-29(19-8-6-5-7-9-19)28-22(20)18-12-10-16(2)11-13-18/h4-13,15,23H,1,14H2,2-3H3,(H2,26,27,31)/t23-/m1/s1. The van der Waals surface area contributed by atoms with Crippen molar-refractivity contribution >= 4 is 12.0 Å². The highest BCUT2D eigenvalue weighted by Crippen LogP contribution is 2.35. The van der Waals surface area contributed by atoms with E-state index in [2.05, 4.69) is 17.2 Å². The molecule has 32 heavy (non-hydrogen) atoms. The van der Waals surface area contributed by atoms with Gasteiger partial charge in [-0.3, -0.25) is 0 Å². The number of esters is 1. The van der Waals surface area contributed by atoms with Crippen LogP contribution in [-0.4, -0.2) is 28.4 Å². The molecule has 0 spiro atoms. The first-order chi connectivity index (χ1) is 15.5. The third-order valence-corrected chi connectivity index (χ3v) is 5.22. The third-order valence-electron chi connectivity index (χ3n) is 5.22. The summed E-state index contributed by atoms with van der Waals surface area (Å²) in [6.45, 7) is 7.36. The number of amides is 2. The van der Waals surface area contributed by atoms with Crippen LogP contribution in [0.1, 0.15) is 24.1 Å². The minimum Gasteiger partial charge on any atom is -0.458 e. The minimum atomic E-state index is -0.727. The lowest BCUT2D eigenvalue weighted by Crippen LogP contribution is -2.45. The molecule has 1 aromatic heterocycles. The van der Waals surface area contributed by atoms with Crippen molar-refractivity contribution in [2.24, 2.45) is 0 Å². The van der Waals surface area contributed by atoms with Gasteiger partial charge in [-0.2, -0.15) is 5.10 Å². The number of hydrogen-bond acceptors (Lipinski definition) is 4. The Kier molecular flexibility index (Phi) is 5.89. The number of nitrogens with zero attached hydrogens (tertiary/aromatic N) is 2. The van der Waals surface area contributed by atoms with Crippen molar-refractivity contribution in [2.75, 3.05) is 6.61 Å². The van der Waals surface area contributed by atoms with E-state index in [1.54, 1.807) is 11.6 Å². The second kappa shape index (κ2) is 8.93. The van der Waals surface area contributed by atoms with Crippen LogP contribution in [0.2, 0.25) is 0 Å². The molecule has 2 N–H and O–H groups in total. The normalized spacial score (nSPS) is 15.7. The highest BCUT2D eigenvalue weighted by molar-refractivity contribution is 5.95. The number of aromatic nitrogens is 2. The predicted molar refractivity (Wildman–Crippen MR) is 122 cm³/mol. The van der Waals surface area contributed by atoms with Gasteiger partial charge in [0.2, 0.25) is 0 Å². The number of hydrogen-bond donors (Lipinski definition) is 2. The van der Waals surface area contributed by atoms with Crippen molar-refractivity contribution in [1.82, 2.24) is 20.4 Å². The van der Waals surface area contributed by atoms with Gasteiger partial charge >= 0.3 is 12.0 Å². The van der Waals surface area contributed by atoms with Crippen molar-refractivity contribution in [3.63, 3.8) is 0 Å². The first kappa shape index (κ1) is 21.1. The van der Waals surface area contributed by atoms with E-state index in [0.717, 1.165) is 16.8 Å². The highest BCUT2D eigenvalue weighted by atomic mass is 16.5. The van der Waals surface area contributed by atoms with Crippen molar-refractivity contribution < 1.29 is 14.3 Å². The van der Waals surface area contributed by atoms with Gasteiger partial charge in [0.25, 0.3) is 0 Å². The van der Waals surface area contributed by atoms with E-state index in [1.165, 1.54) is 6.08 Å². The van der Waals surface area contributed by atoms with Crippen LogP contribution in [-0.2, 0) is 9.53 Å². The van der Waals surface area contributed by atoms with Gasteiger partial charge in [-0.05, 0) is 26.0 Å². The van der Waals surface area contributed by atoms with Crippen molar-refractivity contribution in [2.45, 2.75) is 19.9 Å². The van der Waals surface area contributed by atoms with Crippen molar-refractivity contribution in [3.8, 4) is 16.9 Å². The first-order valence-corrected chi connectivity index (χ1v) is 10.3. The Bertz CT molecular complexity index is 1190. The lowest BCUT2D eigenvalue weighted by atomic mass is 9.93. The SMILES string of the molecule is C=CCOC(=O)C1=C(C)NC(=O)N[C@@H]1c1cn(-c2ccccc2)nc1-c1ccc(C)cc1. The molecule has 1 atom stereocenters. The zero-order chi connectivity index (χ0) is 22.7. The van der Waals surface area contributed by atoms with E-state index in [4.69, 9.17) is 9.84 Å². The average Bonchev–Trinajstić information content (AvgIpc) is 3.23. The van der Waals surface area contributed by atoms with Crippen LogP contribution in [0, 0.1) is 6.92 Å². The smallest absolute Gasteiger partial charge is 0.338 e. The molecule has 0 fully saturated rings. The van der Waals surface area contributed by atoms with E-state index in [-0.39, 0.29) is 6.61 Å². The molecule has 7 heteroatoms. The van der Waals surface area contributed by atoms with Crippen LogP contribution >= 0.6 is 0 Å². The Morgan fingerprint density at radius 1 is 1.16 bits per heavy atom. The Labute approximate surface area is 186 Å². The number of rotatable bonds is 6. The number of urea groups is 1. The molecular weight excluding hydrogens is 404 g/mol. The second-order valence-corrected chi connectivity index (χ2v) is 7.54. The van der Waals surface area contributed by atoms with Crippen molar-refractivity contribution in [1.29, 1.82) is 0 Å². The summed E-state index contributed by atoms with van der Waals surface area (Å²) in [5.41, 5.74) is 4.99. The van der Waals surface area contributed by atoms with Gasteiger partial charge in [0, 0.05) is 23.0 Å². The zero-order valence-corrected chi connectivity index (χ0v) is 18.0. The van der Waals surface area contributed by atoms with E-state index >= 15 is 0 Å². The summed E-state index contributed by atoms with van der Waals surface area (Å²) in [6, 6.07) is 16.5. The van der Waals surface area contributed by atoms with E-state index in [1.807, 2.05) is 67.7 Å². The number of nitrogens with one attached hydrogen (secondary N) is 2. The summed E-state index contributed by atoms with van der Waals surface area (Å²) in [5.74, 6) is -0.526. The zero-order valence-electron chi connectivity index (χ0n) is 18.0. The van der Waals surface area contributed by atoms with Gasteiger partial charge in [0.05, 0.1) is 23.0 Å². The van der Waals surface area contributed by atoms with Crippen LogP contribution in [0.4, 0.5) is 4.79 Å². The van der Waals surface area contributed by atoms with Crippen LogP contribution in [0.5, 0.6) is 0 Å². The van der Waals surface area contributed by atoms with E-state index < -0.39 is 18.0 Å². The fourth-order valence-corrected chi connectivity index (χ4v) is 3.66. The molecule has 0 unspecified atom stereocenters. The summed E-state index contributed by atoms with van der Waals surface area (Å²) >= 11 is 0. The van der Waals surface area contributed by atoms with Crippen LogP contribution in [0.25, 0.3) is 16.9 Å². The van der Waals surface area contributed by atoms with E-state index in [0.29, 0.717) is 22.5 Å². The Hall–Kier alpha value is -4.13. The third kappa shape index (κ3) is 4.18. The molecular formula is C25H24N4O3. The molecule has 3 aromatic rings. The summed E-state index contributed by atoms with van der Waals surface area (Å²) in [5, 5.41) is 10.4. The summed E-state index contributed by atoms with van der Waals surface area (Å²) in [6.07, 6.45) is 3.34. The van der Waals surface area contributed by atoms with Gasteiger partial charge < -0.3 is 15.4 Å². The number of para-hydroxylation sites is 1. The Morgan fingerprint density at radius 3 is 2.56 bits per heavy atom. The van der Waals surface area contributed by atoms with Crippen molar-refractivity contribution in [3.05, 3.63) is 95.8 Å². The Morgan fingerprint density at radius 2 is 1.88 bits per heavy atom. The van der Waals surface area contributed by atoms with Gasteiger partial charge in [-0.25, -0.2) is 14.3 Å².